The van der Waals surface area contributed by atoms with E-state index in [1.54, 1.807) is 6.07 Å². The highest BCUT2D eigenvalue weighted by Crippen LogP contribution is 2.32. The van der Waals surface area contributed by atoms with E-state index in [1.807, 2.05) is 13.0 Å². The van der Waals surface area contributed by atoms with Crippen molar-refractivity contribution in [3.8, 4) is 5.75 Å². The molecular formula is C12H17Cl2NO2. The molecule has 0 aromatic heterocycles. The Kier molecular flexibility index (Phi) is 6.66. The van der Waals surface area contributed by atoms with E-state index in [4.69, 9.17) is 33.0 Å². The maximum absolute atomic E-state index is 8.72. The summed E-state index contributed by atoms with van der Waals surface area (Å²) in [5, 5.41) is 12.9. The van der Waals surface area contributed by atoms with E-state index in [0.717, 1.165) is 12.0 Å². The van der Waals surface area contributed by atoms with Gasteiger partial charge in [-0.05, 0) is 18.6 Å². The Morgan fingerprint density at radius 1 is 1.35 bits per heavy atom. The van der Waals surface area contributed by atoms with Crippen molar-refractivity contribution < 1.29 is 9.84 Å². The number of halogens is 2. The molecule has 2 N–H and O–H groups in total. The summed E-state index contributed by atoms with van der Waals surface area (Å²) in [6, 6.07) is 3.49. The monoisotopic (exact) mass is 277 g/mol. The van der Waals surface area contributed by atoms with Crippen molar-refractivity contribution in [2.24, 2.45) is 0 Å². The summed E-state index contributed by atoms with van der Waals surface area (Å²) >= 11 is 12.0. The van der Waals surface area contributed by atoms with Gasteiger partial charge in [0, 0.05) is 23.7 Å². The lowest BCUT2D eigenvalue weighted by Gasteiger charge is -2.13. The number of aliphatic hydroxyl groups is 1. The van der Waals surface area contributed by atoms with Gasteiger partial charge in [-0.2, -0.15) is 0 Å². The molecule has 0 bridgehead atoms. The first-order valence-electron chi connectivity index (χ1n) is 5.61. The molecular weight excluding hydrogens is 261 g/mol. The Hall–Kier alpha value is -0.480. The van der Waals surface area contributed by atoms with Crippen LogP contribution in [0.3, 0.4) is 0 Å². The highest BCUT2D eigenvalue weighted by atomic mass is 35.5. The van der Waals surface area contributed by atoms with E-state index in [2.05, 4.69) is 5.32 Å². The summed E-state index contributed by atoms with van der Waals surface area (Å²) in [7, 11) is 0. The zero-order valence-electron chi connectivity index (χ0n) is 9.80. The van der Waals surface area contributed by atoms with Gasteiger partial charge in [0.15, 0.2) is 0 Å². The maximum atomic E-state index is 8.72. The van der Waals surface area contributed by atoms with Crippen LogP contribution in [0.5, 0.6) is 5.75 Å². The Balaban J connectivity index is 2.82. The molecule has 0 spiro atoms. The van der Waals surface area contributed by atoms with E-state index < -0.39 is 0 Å². The Morgan fingerprint density at radius 2 is 2.12 bits per heavy atom. The molecule has 1 aromatic rings. The highest BCUT2D eigenvalue weighted by Gasteiger charge is 2.10. The Bertz CT molecular complexity index is 359. The molecule has 0 saturated carbocycles. The molecule has 0 atom stereocenters. The normalized spacial score (nSPS) is 10.6. The SMILES string of the molecule is CCCOc1c(Cl)cc(Cl)cc1CNCCO. The van der Waals surface area contributed by atoms with Crippen LogP contribution in [0, 0.1) is 0 Å². The summed E-state index contributed by atoms with van der Waals surface area (Å²) < 4.78 is 5.61. The van der Waals surface area contributed by atoms with Crippen LogP contribution in [0.1, 0.15) is 18.9 Å². The number of aliphatic hydroxyl groups excluding tert-OH is 1. The molecule has 1 rings (SSSR count). The number of nitrogens with one attached hydrogen (secondary N) is 1. The second kappa shape index (κ2) is 7.77. The summed E-state index contributed by atoms with van der Waals surface area (Å²) in [6.07, 6.45) is 0.919. The second-order valence-corrected chi connectivity index (χ2v) is 4.47. The standard InChI is InChI=1S/C12H17Cl2NO2/c1-2-5-17-12-9(8-15-3-4-16)6-10(13)7-11(12)14/h6-7,15-16H,2-5,8H2,1H3. The number of ether oxygens (including phenoxy) is 1. The van der Waals surface area contributed by atoms with E-state index >= 15 is 0 Å². The first-order valence-corrected chi connectivity index (χ1v) is 6.37. The zero-order chi connectivity index (χ0) is 12.7. The van der Waals surface area contributed by atoms with Gasteiger partial charge in [0.25, 0.3) is 0 Å². The summed E-state index contributed by atoms with van der Waals surface area (Å²) in [6.45, 7) is 3.85. The van der Waals surface area contributed by atoms with E-state index in [9.17, 15) is 0 Å². The lowest BCUT2D eigenvalue weighted by Crippen LogP contribution is -2.18. The van der Waals surface area contributed by atoms with Crippen LogP contribution >= 0.6 is 23.2 Å². The molecule has 0 aliphatic rings. The van der Waals surface area contributed by atoms with Crippen molar-refractivity contribution in [3.63, 3.8) is 0 Å². The van der Waals surface area contributed by atoms with Gasteiger partial charge >= 0.3 is 0 Å². The van der Waals surface area contributed by atoms with Crippen molar-refractivity contribution in [1.29, 1.82) is 0 Å². The minimum atomic E-state index is 0.0967. The van der Waals surface area contributed by atoms with Gasteiger partial charge < -0.3 is 15.2 Å². The van der Waals surface area contributed by atoms with Crippen molar-refractivity contribution in [1.82, 2.24) is 5.32 Å². The summed E-state index contributed by atoms with van der Waals surface area (Å²) in [5.74, 6) is 0.670. The van der Waals surface area contributed by atoms with Crippen molar-refractivity contribution in [2.45, 2.75) is 19.9 Å². The predicted molar refractivity (Wildman–Crippen MR) is 71.0 cm³/mol. The molecule has 0 radical (unpaired) electrons. The Labute approximate surface area is 112 Å². The minimum Gasteiger partial charge on any atom is -0.492 e. The van der Waals surface area contributed by atoms with Crippen LogP contribution in [-0.2, 0) is 6.54 Å². The smallest absolute Gasteiger partial charge is 0.142 e. The van der Waals surface area contributed by atoms with E-state index in [1.165, 1.54) is 0 Å². The summed E-state index contributed by atoms with van der Waals surface area (Å²) in [5.41, 5.74) is 0.907. The van der Waals surface area contributed by atoms with Crippen molar-refractivity contribution in [2.75, 3.05) is 19.8 Å². The summed E-state index contributed by atoms with van der Waals surface area (Å²) in [4.78, 5) is 0. The van der Waals surface area contributed by atoms with Gasteiger partial charge in [0.2, 0.25) is 0 Å². The number of hydrogen-bond acceptors (Lipinski definition) is 3. The van der Waals surface area contributed by atoms with Crippen LogP contribution < -0.4 is 10.1 Å². The molecule has 17 heavy (non-hydrogen) atoms. The van der Waals surface area contributed by atoms with Gasteiger partial charge in [-0.15, -0.1) is 0 Å². The molecule has 0 aliphatic heterocycles. The van der Waals surface area contributed by atoms with Crippen LogP contribution in [0.15, 0.2) is 12.1 Å². The second-order valence-electron chi connectivity index (χ2n) is 3.62. The average Bonchev–Trinajstić information content (AvgIpc) is 2.28. The van der Waals surface area contributed by atoms with Crippen LogP contribution in [-0.4, -0.2) is 24.9 Å². The van der Waals surface area contributed by atoms with Crippen molar-refractivity contribution in [3.05, 3.63) is 27.7 Å². The van der Waals surface area contributed by atoms with Gasteiger partial charge in [0.05, 0.1) is 18.2 Å². The molecule has 5 heteroatoms. The first-order chi connectivity index (χ1) is 8.19. The maximum Gasteiger partial charge on any atom is 0.142 e. The van der Waals surface area contributed by atoms with Crippen LogP contribution in [0.25, 0.3) is 0 Å². The molecule has 96 valence electrons. The quantitative estimate of drug-likeness (QED) is 0.753. The third-order valence-corrected chi connectivity index (χ3v) is 2.64. The fourth-order valence-electron chi connectivity index (χ4n) is 1.41. The van der Waals surface area contributed by atoms with E-state index in [-0.39, 0.29) is 6.61 Å². The van der Waals surface area contributed by atoms with Gasteiger partial charge in [-0.25, -0.2) is 0 Å². The Morgan fingerprint density at radius 3 is 2.76 bits per heavy atom. The largest absolute Gasteiger partial charge is 0.492 e. The average molecular weight is 278 g/mol. The predicted octanol–water partition coefficient (Wildman–Crippen LogP) is 2.86. The first kappa shape index (κ1) is 14.6. The van der Waals surface area contributed by atoms with Crippen molar-refractivity contribution >= 4 is 23.2 Å². The molecule has 0 saturated heterocycles. The van der Waals surface area contributed by atoms with Gasteiger partial charge in [0.1, 0.15) is 5.75 Å². The molecule has 0 heterocycles. The number of hydrogen-bond donors (Lipinski definition) is 2. The highest BCUT2D eigenvalue weighted by molar-refractivity contribution is 6.35. The molecule has 0 fully saturated rings. The fourth-order valence-corrected chi connectivity index (χ4v) is 2.00. The molecule has 1 aromatic carbocycles. The zero-order valence-corrected chi connectivity index (χ0v) is 11.3. The molecule has 0 aliphatic carbocycles. The third-order valence-electron chi connectivity index (χ3n) is 2.14. The molecule has 0 unspecified atom stereocenters. The minimum absolute atomic E-state index is 0.0967. The van der Waals surface area contributed by atoms with E-state index in [0.29, 0.717) is 35.5 Å². The lowest BCUT2D eigenvalue weighted by molar-refractivity contribution is 0.289. The molecule has 3 nitrogen and oxygen atoms in total. The van der Waals surface area contributed by atoms with Crippen LogP contribution in [0.4, 0.5) is 0 Å². The topological polar surface area (TPSA) is 41.5 Å². The number of rotatable bonds is 7. The number of benzene rings is 1. The third kappa shape index (κ3) is 4.72. The van der Waals surface area contributed by atoms with Gasteiger partial charge in [-0.3, -0.25) is 0 Å². The van der Waals surface area contributed by atoms with Gasteiger partial charge in [-0.1, -0.05) is 30.1 Å². The molecule has 0 amide bonds. The van der Waals surface area contributed by atoms with Crippen LogP contribution in [0.2, 0.25) is 10.0 Å². The lowest BCUT2D eigenvalue weighted by atomic mass is 10.2. The fraction of sp³-hybridized carbons (Fsp3) is 0.500.